The van der Waals surface area contributed by atoms with Crippen molar-refractivity contribution in [3.05, 3.63) is 84.4 Å². The van der Waals surface area contributed by atoms with E-state index in [1.807, 2.05) is 22.7 Å². The summed E-state index contributed by atoms with van der Waals surface area (Å²) >= 11 is 0. The van der Waals surface area contributed by atoms with Gasteiger partial charge in [-0.2, -0.15) is 0 Å². The third-order valence-electron chi connectivity index (χ3n) is 4.20. The highest BCUT2D eigenvalue weighted by atomic mass is 19.1. The summed E-state index contributed by atoms with van der Waals surface area (Å²) in [6.45, 7) is 0. The molecule has 0 saturated heterocycles. The Morgan fingerprint density at radius 1 is 1.04 bits per heavy atom. The Hall–Kier alpha value is -3.67. The Morgan fingerprint density at radius 3 is 2.59 bits per heavy atom. The Bertz CT molecular complexity index is 1120. The smallest absolute Gasteiger partial charge is 0.259 e. The molecule has 6 heteroatoms. The summed E-state index contributed by atoms with van der Waals surface area (Å²) in [5.74, 6) is -0.0353. The maximum atomic E-state index is 13.1. The Morgan fingerprint density at radius 2 is 1.81 bits per heavy atom. The lowest BCUT2D eigenvalue weighted by molar-refractivity contribution is 0.102. The number of imidazole rings is 1. The molecule has 4 aromatic rings. The van der Waals surface area contributed by atoms with Crippen LogP contribution in [0.5, 0.6) is 5.75 Å². The first-order valence-electron chi connectivity index (χ1n) is 8.33. The molecule has 0 atom stereocenters. The topological polar surface area (TPSA) is 55.6 Å². The van der Waals surface area contributed by atoms with E-state index < -0.39 is 0 Å². The third kappa shape index (κ3) is 3.37. The standard InChI is InChI=1S/C21H16FN3O2/c1-27-19-5-3-2-4-17(19)21(26)23-16-10-11-20-24-18(13-25(20)12-16)14-6-8-15(22)9-7-14/h2-13H,1H3,(H,23,26). The third-order valence-corrected chi connectivity index (χ3v) is 4.20. The molecule has 0 saturated carbocycles. The fraction of sp³-hybridized carbons (Fsp3) is 0.0476. The number of hydrogen-bond donors (Lipinski definition) is 1. The minimum Gasteiger partial charge on any atom is -0.496 e. The van der Waals surface area contributed by atoms with Crippen LogP contribution in [0.1, 0.15) is 10.4 Å². The van der Waals surface area contributed by atoms with Crippen LogP contribution in [0.4, 0.5) is 10.1 Å². The number of ether oxygens (including phenoxy) is 1. The zero-order valence-electron chi connectivity index (χ0n) is 14.5. The molecule has 0 bridgehead atoms. The average molecular weight is 361 g/mol. The van der Waals surface area contributed by atoms with Crippen LogP contribution in [0, 0.1) is 5.82 Å². The van der Waals surface area contributed by atoms with Crippen molar-refractivity contribution < 1.29 is 13.9 Å². The summed E-state index contributed by atoms with van der Waals surface area (Å²) in [5.41, 5.74) is 3.35. The second kappa shape index (κ2) is 6.92. The van der Waals surface area contributed by atoms with Gasteiger partial charge in [0.25, 0.3) is 5.91 Å². The molecular formula is C21H16FN3O2. The molecule has 1 N–H and O–H groups in total. The number of para-hydroxylation sites is 1. The Balaban J connectivity index is 1.62. The molecule has 4 rings (SSSR count). The number of amides is 1. The van der Waals surface area contributed by atoms with Gasteiger partial charge in [0.1, 0.15) is 17.2 Å². The lowest BCUT2D eigenvalue weighted by Crippen LogP contribution is -2.13. The van der Waals surface area contributed by atoms with Crippen LogP contribution < -0.4 is 10.1 Å². The van der Waals surface area contributed by atoms with E-state index in [-0.39, 0.29) is 11.7 Å². The van der Waals surface area contributed by atoms with Gasteiger partial charge in [0.2, 0.25) is 0 Å². The molecule has 0 unspecified atom stereocenters. The van der Waals surface area contributed by atoms with Gasteiger partial charge in [-0.1, -0.05) is 12.1 Å². The van der Waals surface area contributed by atoms with Crippen LogP contribution in [-0.4, -0.2) is 22.4 Å². The minimum atomic E-state index is -0.288. The monoisotopic (exact) mass is 361 g/mol. The van der Waals surface area contributed by atoms with Gasteiger partial charge in [-0.3, -0.25) is 4.79 Å². The van der Waals surface area contributed by atoms with Crippen molar-refractivity contribution in [2.45, 2.75) is 0 Å². The molecule has 2 aromatic heterocycles. The normalized spacial score (nSPS) is 10.7. The van der Waals surface area contributed by atoms with Crippen LogP contribution in [0.3, 0.4) is 0 Å². The van der Waals surface area contributed by atoms with Crippen molar-refractivity contribution in [3.8, 4) is 17.0 Å². The van der Waals surface area contributed by atoms with Gasteiger partial charge >= 0.3 is 0 Å². The lowest BCUT2D eigenvalue weighted by Gasteiger charge is -2.09. The molecule has 0 spiro atoms. The number of nitrogens with one attached hydrogen (secondary N) is 1. The van der Waals surface area contributed by atoms with Crippen molar-refractivity contribution in [1.82, 2.24) is 9.38 Å². The number of halogens is 1. The van der Waals surface area contributed by atoms with E-state index in [9.17, 15) is 9.18 Å². The SMILES string of the molecule is COc1ccccc1C(=O)Nc1ccc2nc(-c3ccc(F)cc3)cn2c1. The number of benzene rings is 2. The van der Waals surface area contributed by atoms with E-state index in [4.69, 9.17) is 4.74 Å². The van der Waals surface area contributed by atoms with Crippen LogP contribution in [0.2, 0.25) is 0 Å². The first-order valence-corrected chi connectivity index (χ1v) is 8.33. The van der Waals surface area contributed by atoms with Crippen molar-refractivity contribution >= 4 is 17.2 Å². The van der Waals surface area contributed by atoms with Crippen LogP contribution in [0.15, 0.2) is 73.1 Å². The Labute approximate surface area is 155 Å². The second-order valence-corrected chi connectivity index (χ2v) is 5.97. The van der Waals surface area contributed by atoms with E-state index in [0.717, 1.165) is 16.9 Å². The van der Waals surface area contributed by atoms with Crippen molar-refractivity contribution in [2.24, 2.45) is 0 Å². The van der Waals surface area contributed by atoms with Gasteiger partial charge in [-0.25, -0.2) is 9.37 Å². The number of methoxy groups -OCH3 is 1. The maximum absolute atomic E-state index is 13.1. The second-order valence-electron chi connectivity index (χ2n) is 5.97. The first-order chi connectivity index (χ1) is 13.1. The highest BCUT2D eigenvalue weighted by Gasteiger charge is 2.12. The number of rotatable bonds is 4. The fourth-order valence-electron chi connectivity index (χ4n) is 2.86. The van der Waals surface area contributed by atoms with Gasteiger partial charge in [0.15, 0.2) is 0 Å². The molecule has 1 amide bonds. The van der Waals surface area contributed by atoms with E-state index in [2.05, 4.69) is 10.3 Å². The fourth-order valence-corrected chi connectivity index (χ4v) is 2.86. The quantitative estimate of drug-likeness (QED) is 0.586. The van der Waals surface area contributed by atoms with Gasteiger partial charge < -0.3 is 14.5 Å². The number of anilines is 1. The number of carbonyl (C=O) groups is 1. The molecule has 134 valence electrons. The largest absolute Gasteiger partial charge is 0.496 e. The average Bonchev–Trinajstić information content (AvgIpc) is 3.11. The number of carbonyl (C=O) groups excluding carboxylic acids is 1. The highest BCUT2D eigenvalue weighted by molar-refractivity contribution is 6.06. The van der Waals surface area contributed by atoms with Gasteiger partial charge in [-0.15, -0.1) is 0 Å². The van der Waals surface area contributed by atoms with Crippen molar-refractivity contribution in [3.63, 3.8) is 0 Å². The molecule has 2 heterocycles. The van der Waals surface area contributed by atoms with Crippen LogP contribution >= 0.6 is 0 Å². The molecule has 0 aliphatic carbocycles. The van der Waals surface area contributed by atoms with Gasteiger partial charge in [0.05, 0.1) is 24.1 Å². The lowest BCUT2D eigenvalue weighted by atomic mass is 10.2. The number of aromatic nitrogens is 2. The minimum absolute atomic E-state index is 0.259. The highest BCUT2D eigenvalue weighted by Crippen LogP contribution is 2.22. The number of fused-ring (bicyclic) bond motifs is 1. The molecular weight excluding hydrogens is 345 g/mol. The summed E-state index contributed by atoms with van der Waals surface area (Å²) in [7, 11) is 1.53. The van der Waals surface area contributed by atoms with E-state index in [0.29, 0.717) is 17.0 Å². The van der Waals surface area contributed by atoms with Crippen LogP contribution in [-0.2, 0) is 0 Å². The van der Waals surface area contributed by atoms with Gasteiger partial charge in [-0.05, 0) is 48.5 Å². The molecule has 0 aliphatic rings. The maximum Gasteiger partial charge on any atom is 0.259 e. The molecule has 0 aliphatic heterocycles. The van der Waals surface area contributed by atoms with Crippen LogP contribution in [0.25, 0.3) is 16.9 Å². The number of pyridine rings is 1. The number of hydrogen-bond acceptors (Lipinski definition) is 3. The predicted octanol–water partition coefficient (Wildman–Crippen LogP) is 4.40. The molecule has 0 fully saturated rings. The van der Waals surface area contributed by atoms with E-state index >= 15 is 0 Å². The van der Waals surface area contributed by atoms with Crippen molar-refractivity contribution in [1.29, 1.82) is 0 Å². The summed E-state index contributed by atoms with van der Waals surface area (Å²) in [6, 6.07) is 16.8. The molecule has 0 radical (unpaired) electrons. The Kier molecular flexibility index (Phi) is 4.30. The summed E-state index contributed by atoms with van der Waals surface area (Å²) in [4.78, 5) is 17.1. The predicted molar refractivity (Wildman–Crippen MR) is 102 cm³/mol. The summed E-state index contributed by atoms with van der Waals surface area (Å²) < 4.78 is 20.1. The van der Waals surface area contributed by atoms with Gasteiger partial charge in [0, 0.05) is 18.0 Å². The summed E-state index contributed by atoms with van der Waals surface area (Å²) in [5, 5.41) is 2.86. The summed E-state index contributed by atoms with van der Waals surface area (Å²) in [6.07, 6.45) is 3.62. The van der Waals surface area contributed by atoms with Crippen molar-refractivity contribution in [2.75, 3.05) is 12.4 Å². The van der Waals surface area contributed by atoms with E-state index in [1.165, 1.54) is 19.2 Å². The zero-order chi connectivity index (χ0) is 18.8. The molecule has 5 nitrogen and oxygen atoms in total. The molecule has 27 heavy (non-hydrogen) atoms. The molecule has 2 aromatic carbocycles. The van der Waals surface area contributed by atoms with E-state index in [1.54, 1.807) is 42.6 Å². The number of nitrogens with zero attached hydrogens (tertiary/aromatic N) is 2. The zero-order valence-corrected chi connectivity index (χ0v) is 14.5. The first kappa shape index (κ1) is 16.8.